The van der Waals surface area contributed by atoms with Crippen molar-refractivity contribution in [2.75, 3.05) is 32.8 Å². The molecule has 0 N–H and O–H groups in total. The molecule has 1 fully saturated rings. The molecule has 1 saturated heterocycles. The van der Waals surface area contributed by atoms with Gasteiger partial charge in [0.1, 0.15) is 0 Å². The molecule has 1 aromatic carbocycles. The van der Waals surface area contributed by atoms with Crippen LogP contribution in [-0.4, -0.2) is 58.0 Å². The van der Waals surface area contributed by atoms with Crippen LogP contribution in [0.15, 0.2) is 24.3 Å². The van der Waals surface area contributed by atoms with Crippen molar-refractivity contribution in [3.63, 3.8) is 0 Å². The Labute approximate surface area is 130 Å². The molecule has 1 aliphatic heterocycles. The standard InChI is InChI=1S/C14H16F3N5O/c15-14(16,17)11-1-3-12(4-2-11)22-13(18-19-20-22)5-6-21-7-9-23-10-8-21/h1-4H,5-10H2. The summed E-state index contributed by atoms with van der Waals surface area (Å²) in [5, 5.41) is 11.5. The number of benzene rings is 1. The number of rotatable bonds is 4. The first-order valence-corrected chi connectivity index (χ1v) is 7.29. The molecule has 0 radical (unpaired) electrons. The average Bonchev–Trinajstić information content (AvgIpc) is 3.02. The summed E-state index contributed by atoms with van der Waals surface area (Å²) in [5.41, 5.74) is -0.177. The molecule has 0 spiro atoms. The van der Waals surface area contributed by atoms with E-state index in [9.17, 15) is 13.2 Å². The zero-order valence-electron chi connectivity index (χ0n) is 12.3. The van der Waals surface area contributed by atoms with Gasteiger partial charge in [-0.15, -0.1) is 5.10 Å². The second kappa shape index (κ2) is 6.63. The quantitative estimate of drug-likeness (QED) is 0.853. The van der Waals surface area contributed by atoms with Crippen molar-refractivity contribution in [1.82, 2.24) is 25.1 Å². The number of alkyl halides is 3. The second-order valence-electron chi connectivity index (χ2n) is 5.26. The van der Waals surface area contributed by atoms with E-state index in [0.29, 0.717) is 31.1 Å². The van der Waals surface area contributed by atoms with E-state index >= 15 is 0 Å². The Bertz CT molecular complexity index is 635. The Morgan fingerprint density at radius 2 is 1.78 bits per heavy atom. The predicted molar refractivity (Wildman–Crippen MR) is 75.1 cm³/mol. The van der Waals surface area contributed by atoms with Gasteiger partial charge in [0.25, 0.3) is 0 Å². The number of hydrogen-bond donors (Lipinski definition) is 0. The van der Waals surface area contributed by atoms with Crippen molar-refractivity contribution in [3.05, 3.63) is 35.7 Å². The normalized spacial score (nSPS) is 16.7. The smallest absolute Gasteiger partial charge is 0.379 e. The van der Waals surface area contributed by atoms with Crippen LogP contribution in [0.1, 0.15) is 11.4 Å². The molecule has 0 bridgehead atoms. The lowest BCUT2D eigenvalue weighted by atomic mass is 10.2. The molecule has 2 heterocycles. The molecule has 0 saturated carbocycles. The summed E-state index contributed by atoms with van der Waals surface area (Å²) in [7, 11) is 0. The van der Waals surface area contributed by atoms with E-state index in [0.717, 1.165) is 31.8 Å². The van der Waals surface area contributed by atoms with E-state index in [1.54, 1.807) is 0 Å². The van der Waals surface area contributed by atoms with Gasteiger partial charge >= 0.3 is 6.18 Å². The number of tetrazole rings is 1. The zero-order chi connectivity index (χ0) is 16.3. The topological polar surface area (TPSA) is 56.1 Å². The van der Waals surface area contributed by atoms with Gasteiger partial charge in [0.15, 0.2) is 5.82 Å². The van der Waals surface area contributed by atoms with Gasteiger partial charge in [-0.25, -0.2) is 0 Å². The van der Waals surface area contributed by atoms with Crippen LogP contribution in [0.25, 0.3) is 5.69 Å². The maximum Gasteiger partial charge on any atom is 0.416 e. The summed E-state index contributed by atoms with van der Waals surface area (Å²) in [4.78, 5) is 2.25. The third kappa shape index (κ3) is 3.85. The second-order valence-corrected chi connectivity index (χ2v) is 5.26. The molecule has 1 aromatic heterocycles. The van der Waals surface area contributed by atoms with E-state index in [1.807, 2.05) is 0 Å². The van der Waals surface area contributed by atoms with Gasteiger partial charge in [-0.2, -0.15) is 17.9 Å². The minimum Gasteiger partial charge on any atom is -0.379 e. The van der Waals surface area contributed by atoms with Crippen LogP contribution in [0.2, 0.25) is 0 Å². The number of nitrogens with zero attached hydrogens (tertiary/aromatic N) is 5. The highest BCUT2D eigenvalue weighted by atomic mass is 19.4. The van der Waals surface area contributed by atoms with Crippen molar-refractivity contribution in [2.45, 2.75) is 12.6 Å². The Kier molecular flexibility index (Phi) is 4.58. The number of aromatic nitrogens is 4. The summed E-state index contributed by atoms with van der Waals surface area (Å²) in [6, 6.07) is 4.81. The van der Waals surface area contributed by atoms with Crippen LogP contribution in [0.3, 0.4) is 0 Å². The largest absolute Gasteiger partial charge is 0.416 e. The summed E-state index contributed by atoms with van der Waals surface area (Å²) in [6.07, 6.45) is -3.73. The number of halogens is 3. The molecular weight excluding hydrogens is 311 g/mol. The fourth-order valence-electron chi connectivity index (χ4n) is 2.44. The monoisotopic (exact) mass is 327 g/mol. The highest BCUT2D eigenvalue weighted by molar-refractivity contribution is 5.35. The molecule has 2 aromatic rings. The maximum absolute atomic E-state index is 12.6. The third-order valence-corrected chi connectivity index (χ3v) is 3.73. The minimum atomic E-state index is -4.35. The lowest BCUT2D eigenvalue weighted by Crippen LogP contribution is -2.37. The average molecular weight is 327 g/mol. The maximum atomic E-state index is 12.6. The molecule has 9 heteroatoms. The molecular formula is C14H16F3N5O. The van der Waals surface area contributed by atoms with Gasteiger partial charge in [0.05, 0.1) is 24.5 Å². The Balaban J connectivity index is 1.70. The van der Waals surface area contributed by atoms with Crippen molar-refractivity contribution in [3.8, 4) is 5.69 Å². The molecule has 0 atom stereocenters. The summed E-state index contributed by atoms with van der Waals surface area (Å²) in [5.74, 6) is 0.622. The van der Waals surface area contributed by atoms with E-state index in [1.165, 1.54) is 16.8 Å². The van der Waals surface area contributed by atoms with Crippen molar-refractivity contribution in [1.29, 1.82) is 0 Å². The molecule has 0 amide bonds. The highest BCUT2D eigenvalue weighted by Crippen LogP contribution is 2.29. The lowest BCUT2D eigenvalue weighted by Gasteiger charge is -2.26. The number of ether oxygens (including phenoxy) is 1. The van der Waals surface area contributed by atoms with E-state index in [-0.39, 0.29) is 0 Å². The fraction of sp³-hybridized carbons (Fsp3) is 0.500. The first kappa shape index (κ1) is 15.9. The van der Waals surface area contributed by atoms with E-state index in [2.05, 4.69) is 20.4 Å². The van der Waals surface area contributed by atoms with Crippen LogP contribution in [-0.2, 0) is 17.3 Å². The van der Waals surface area contributed by atoms with E-state index in [4.69, 9.17) is 4.74 Å². The Hall–Kier alpha value is -2.00. The first-order chi connectivity index (χ1) is 11.0. The van der Waals surface area contributed by atoms with Crippen LogP contribution < -0.4 is 0 Å². The molecule has 0 aliphatic carbocycles. The predicted octanol–water partition coefficient (Wildman–Crippen LogP) is 1.56. The first-order valence-electron chi connectivity index (χ1n) is 7.29. The van der Waals surface area contributed by atoms with Crippen LogP contribution >= 0.6 is 0 Å². The molecule has 0 unspecified atom stereocenters. The number of hydrogen-bond acceptors (Lipinski definition) is 5. The fourth-order valence-corrected chi connectivity index (χ4v) is 2.44. The Morgan fingerprint density at radius 3 is 2.43 bits per heavy atom. The van der Waals surface area contributed by atoms with Gasteiger partial charge in [0, 0.05) is 26.1 Å². The van der Waals surface area contributed by atoms with Crippen molar-refractivity contribution < 1.29 is 17.9 Å². The molecule has 124 valence electrons. The van der Waals surface area contributed by atoms with Gasteiger partial charge in [-0.1, -0.05) is 0 Å². The van der Waals surface area contributed by atoms with Crippen LogP contribution in [0.5, 0.6) is 0 Å². The SMILES string of the molecule is FC(F)(F)c1ccc(-n2nnnc2CCN2CCOCC2)cc1. The molecule has 1 aliphatic rings. The zero-order valence-corrected chi connectivity index (χ0v) is 12.3. The van der Waals surface area contributed by atoms with Gasteiger partial charge < -0.3 is 4.74 Å². The molecule has 23 heavy (non-hydrogen) atoms. The van der Waals surface area contributed by atoms with Crippen molar-refractivity contribution in [2.24, 2.45) is 0 Å². The van der Waals surface area contributed by atoms with E-state index < -0.39 is 11.7 Å². The minimum absolute atomic E-state index is 0.514. The molecule has 3 rings (SSSR count). The summed E-state index contributed by atoms with van der Waals surface area (Å²) in [6.45, 7) is 3.93. The van der Waals surface area contributed by atoms with Crippen molar-refractivity contribution >= 4 is 0 Å². The highest BCUT2D eigenvalue weighted by Gasteiger charge is 2.30. The van der Waals surface area contributed by atoms with Crippen LogP contribution in [0, 0.1) is 0 Å². The number of morpholine rings is 1. The van der Waals surface area contributed by atoms with Crippen LogP contribution in [0.4, 0.5) is 13.2 Å². The summed E-state index contributed by atoms with van der Waals surface area (Å²) >= 11 is 0. The lowest BCUT2D eigenvalue weighted by molar-refractivity contribution is -0.137. The molecule has 6 nitrogen and oxygen atoms in total. The van der Waals surface area contributed by atoms with Gasteiger partial charge in [0.2, 0.25) is 0 Å². The Morgan fingerprint density at radius 1 is 1.09 bits per heavy atom. The third-order valence-electron chi connectivity index (χ3n) is 3.73. The van der Waals surface area contributed by atoms with Gasteiger partial charge in [-0.3, -0.25) is 4.90 Å². The summed E-state index contributed by atoms with van der Waals surface area (Å²) < 4.78 is 44.6. The van der Waals surface area contributed by atoms with Gasteiger partial charge in [-0.05, 0) is 34.7 Å².